The molecule has 1 fully saturated rings. The van der Waals surface area contributed by atoms with Gasteiger partial charge in [-0.15, -0.1) is 0 Å². The zero-order valence-electron chi connectivity index (χ0n) is 19.8. The summed E-state index contributed by atoms with van der Waals surface area (Å²) in [5, 5.41) is 11.7. The Morgan fingerprint density at radius 1 is 1.00 bits per heavy atom. The molecule has 0 aliphatic heterocycles. The minimum atomic E-state index is -0.951. The highest BCUT2D eigenvalue weighted by atomic mass is 16.6. The smallest absolute Gasteiger partial charge is 0.331 e. The highest BCUT2D eigenvalue weighted by molar-refractivity contribution is 6.13. The van der Waals surface area contributed by atoms with E-state index < -0.39 is 23.5 Å². The first-order chi connectivity index (χ1) is 15.7. The number of esters is 1. The van der Waals surface area contributed by atoms with Crippen molar-refractivity contribution in [1.82, 2.24) is 0 Å². The summed E-state index contributed by atoms with van der Waals surface area (Å²) >= 11 is 0. The predicted molar refractivity (Wildman–Crippen MR) is 130 cm³/mol. The number of aliphatic imine (C=N–C) groups is 1. The van der Waals surface area contributed by atoms with Gasteiger partial charge in [-0.05, 0) is 39.5 Å². The van der Waals surface area contributed by atoms with E-state index in [-0.39, 0.29) is 17.4 Å². The molecule has 0 saturated heterocycles. The molecule has 3 rings (SSSR count). The minimum absolute atomic E-state index is 0.0678. The molecule has 1 aliphatic rings. The fourth-order valence-electron chi connectivity index (χ4n) is 4.57. The van der Waals surface area contributed by atoms with Crippen molar-refractivity contribution in [2.45, 2.75) is 64.5 Å². The highest BCUT2D eigenvalue weighted by Crippen LogP contribution is 2.34. The van der Waals surface area contributed by atoms with Gasteiger partial charge in [0.25, 0.3) is 0 Å². The Bertz CT molecular complexity index is 904. The van der Waals surface area contributed by atoms with Gasteiger partial charge in [0.1, 0.15) is 5.60 Å². The van der Waals surface area contributed by atoms with Crippen LogP contribution >= 0.6 is 0 Å². The van der Waals surface area contributed by atoms with Gasteiger partial charge in [-0.2, -0.15) is 0 Å². The molecular formula is C27H34N2O4. The molecule has 0 heterocycles. The topological polar surface area (TPSA) is 81.8 Å². The molecule has 2 aromatic carbocycles. The number of rotatable bonds is 8. The van der Waals surface area contributed by atoms with E-state index in [1.54, 1.807) is 0 Å². The van der Waals surface area contributed by atoms with E-state index in [1.807, 2.05) is 81.4 Å². The fraction of sp³-hybridized carbons (Fsp3) is 0.481. The van der Waals surface area contributed by atoms with Gasteiger partial charge in [-0.1, -0.05) is 79.9 Å². The third kappa shape index (κ3) is 7.24. The van der Waals surface area contributed by atoms with E-state index in [0.29, 0.717) is 5.71 Å². The van der Waals surface area contributed by atoms with Gasteiger partial charge < -0.3 is 4.74 Å². The Morgan fingerprint density at radius 2 is 1.52 bits per heavy atom. The molecule has 6 nitrogen and oxygen atoms in total. The molecule has 0 radical (unpaired) electrons. The molecule has 0 aromatic heterocycles. The zero-order valence-corrected chi connectivity index (χ0v) is 19.8. The van der Waals surface area contributed by atoms with Gasteiger partial charge in [-0.25, -0.2) is 4.79 Å². The lowest BCUT2D eigenvalue weighted by atomic mass is 9.76. The number of benzene rings is 2. The van der Waals surface area contributed by atoms with Crippen LogP contribution in [0.3, 0.4) is 0 Å². The number of nitro groups is 1. The maximum Gasteiger partial charge on any atom is 0.331 e. The SMILES string of the molecule is CC(C)(C)OC(=O)[C@@H](N=C(c1ccccc1)c1ccccc1)[C@H](C[N+](=O)[O-])C1CCCCC1. The van der Waals surface area contributed by atoms with Crippen molar-refractivity contribution in [1.29, 1.82) is 0 Å². The Balaban J connectivity index is 2.13. The Labute approximate surface area is 196 Å². The van der Waals surface area contributed by atoms with Crippen molar-refractivity contribution in [3.05, 3.63) is 81.9 Å². The normalized spacial score (nSPS) is 16.5. The van der Waals surface area contributed by atoms with Crippen molar-refractivity contribution in [2.24, 2.45) is 16.8 Å². The summed E-state index contributed by atoms with van der Waals surface area (Å²) in [4.78, 5) is 29.8. The van der Waals surface area contributed by atoms with E-state index in [2.05, 4.69) is 0 Å². The van der Waals surface area contributed by atoms with Gasteiger partial charge in [0.2, 0.25) is 6.54 Å². The van der Waals surface area contributed by atoms with Gasteiger partial charge in [-0.3, -0.25) is 15.1 Å². The van der Waals surface area contributed by atoms with Crippen LogP contribution in [0.5, 0.6) is 0 Å². The van der Waals surface area contributed by atoms with E-state index in [1.165, 1.54) is 0 Å². The van der Waals surface area contributed by atoms with E-state index in [0.717, 1.165) is 43.2 Å². The lowest BCUT2D eigenvalue weighted by Crippen LogP contribution is -2.42. The molecule has 1 saturated carbocycles. The third-order valence-corrected chi connectivity index (χ3v) is 6.03. The maximum atomic E-state index is 13.5. The molecule has 0 unspecified atom stereocenters. The van der Waals surface area contributed by atoms with Gasteiger partial charge in [0, 0.05) is 16.1 Å². The van der Waals surface area contributed by atoms with E-state index in [9.17, 15) is 14.9 Å². The fourth-order valence-corrected chi connectivity index (χ4v) is 4.57. The lowest BCUT2D eigenvalue weighted by Gasteiger charge is -2.32. The zero-order chi connectivity index (χ0) is 23.8. The first kappa shape index (κ1) is 24.6. The van der Waals surface area contributed by atoms with Crippen LogP contribution in [-0.2, 0) is 9.53 Å². The highest BCUT2D eigenvalue weighted by Gasteiger charge is 2.40. The summed E-state index contributed by atoms with van der Waals surface area (Å²) in [5.41, 5.74) is 1.66. The first-order valence-electron chi connectivity index (χ1n) is 11.8. The third-order valence-electron chi connectivity index (χ3n) is 6.03. The summed E-state index contributed by atoms with van der Waals surface area (Å²) in [7, 11) is 0. The standard InChI is InChI=1S/C27H34N2O4/c1-27(2,3)33-26(30)25(23(19-29(31)32)20-13-7-4-8-14-20)28-24(21-15-9-5-10-16-21)22-17-11-6-12-18-22/h5-6,9-12,15-18,20,23,25H,4,7-8,13-14,19H2,1-3H3/t23-,25+/m1/s1. The van der Waals surface area contributed by atoms with Crippen LogP contribution in [0.1, 0.15) is 64.0 Å². The molecule has 2 aromatic rings. The van der Waals surface area contributed by atoms with E-state index >= 15 is 0 Å². The lowest BCUT2D eigenvalue weighted by molar-refractivity contribution is -0.490. The van der Waals surface area contributed by atoms with Crippen molar-refractivity contribution in [2.75, 3.05) is 6.54 Å². The van der Waals surface area contributed by atoms with Crippen molar-refractivity contribution >= 4 is 11.7 Å². The van der Waals surface area contributed by atoms with Crippen LogP contribution in [0.4, 0.5) is 0 Å². The van der Waals surface area contributed by atoms with Crippen LogP contribution < -0.4 is 0 Å². The molecular weight excluding hydrogens is 416 g/mol. The number of carbonyl (C=O) groups excluding carboxylic acids is 1. The van der Waals surface area contributed by atoms with Crippen LogP contribution in [0.2, 0.25) is 0 Å². The second-order valence-corrected chi connectivity index (χ2v) is 9.77. The van der Waals surface area contributed by atoms with Crippen molar-refractivity contribution in [3.8, 4) is 0 Å². The largest absolute Gasteiger partial charge is 0.458 e. The number of hydrogen-bond acceptors (Lipinski definition) is 5. The van der Waals surface area contributed by atoms with Crippen LogP contribution in [-0.4, -0.2) is 34.8 Å². The summed E-state index contributed by atoms with van der Waals surface area (Å²) in [6.07, 6.45) is 4.92. The predicted octanol–water partition coefficient (Wildman–Crippen LogP) is 5.71. The second-order valence-electron chi connectivity index (χ2n) is 9.77. The Hall–Kier alpha value is -3.02. The van der Waals surface area contributed by atoms with Crippen molar-refractivity contribution < 1.29 is 14.5 Å². The summed E-state index contributed by atoms with van der Waals surface area (Å²) in [6, 6.07) is 18.4. The second kappa shape index (κ2) is 11.2. The molecule has 2 atom stereocenters. The minimum Gasteiger partial charge on any atom is -0.458 e. The van der Waals surface area contributed by atoms with Crippen molar-refractivity contribution in [3.63, 3.8) is 0 Å². The molecule has 176 valence electrons. The molecule has 0 bridgehead atoms. The Kier molecular flexibility index (Phi) is 8.37. The summed E-state index contributed by atoms with van der Waals surface area (Å²) in [5.74, 6) is -0.944. The molecule has 6 heteroatoms. The van der Waals surface area contributed by atoms with Crippen LogP contribution in [0.15, 0.2) is 65.7 Å². The van der Waals surface area contributed by atoms with Gasteiger partial charge in [0.05, 0.1) is 11.6 Å². The molecule has 0 N–H and O–H groups in total. The Morgan fingerprint density at radius 3 is 1.97 bits per heavy atom. The van der Waals surface area contributed by atoms with E-state index in [4.69, 9.17) is 9.73 Å². The monoisotopic (exact) mass is 450 g/mol. The average Bonchev–Trinajstić information content (AvgIpc) is 2.79. The maximum absolute atomic E-state index is 13.5. The number of nitrogens with zero attached hydrogens (tertiary/aromatic N) is 2. The quantitative estimate of drug-likeness (QED) is 0.223. The summed E-state index contributed by atoms with van der Waals surface area (Å²) < 4.78 is 5.76. The van der Waals surface area contributed by atoms with Gasteiger partial charge in [0.15, 0.2) is 6.04 Å². The van der Waals surface area contributed by atoms with Gasteiger partial charge >= 0.3 is 5.97 Å². The first-order valence-corrected chi connectivity index (χ1v) is 11.8. The molecule has 1 aliphatic carbocycles. The number of hydrogen-bond donors (Lipinski definition) is 0. The summed E-state index contributed by atoms with van der Waals surface area (Å²) in [6.45, 7) is 5.13. The molecule has 33 heavy (non-hydrogen) atoms. The average molecular weight is 451 g/mol. The molecule has 0 amide bonds. The van der Waals surface area contributed by atoms with Crippen LogP contribution in [0.25, 0.3) is 0 Å². The van der Waals surface area contributed by atoms with Crippen LogP contribution in [0, 0.1) is 22.0 Å². The number of carbonyl (C=O) groups is 1. The molecule has 0 spiro atoms. The number of ether oxygens (including phenoxy) is 1.